The van der Waals surface area contributed by atoms with Gasteiger partial charge in [0.25, 0.3) is 0 Å². The highest BCUT2D eigenvalue weighted by molar-refractivity contribution is 7.09. The summed E-state index contributed by atoms with van der Waals surface area (Å²) in [6.07, 6.45) is 0.791. The van der Waals surface area contributed by atoms with Crippen molar-refractivity contribution in [3.8, 4) is 5.75 Å². The van der Waals surface area contributed by atoms with E-state index >= 15 is 0 Å². The second-order valence-electron chi connectivity index (χ2n) is 5.72. The number of hydrogen-bond donors (Lipinski definition) is 2. The Labute approximate surface area is 156 Å². The first-order valence-corrected chi connectivity index (χ1v) is 9.33. The second kappa shape index (κ2) is 10.1. The van der Waals surface area contributed by atoms with Crippen molar-refractivity contribution < 1.29 is 13.5 Å². The molecule has 1 aromatic carbocycles. The van der Waals surface area contributed by atoms with Gasteiger partial charge in [0.05, 0.1) is 17.2 Å². The van der Waals surface area contributed by atoms with Gasteiger partial charge >= 0.3 is 6.61 Å². The first-order valence-electron chi connectivity index (χ1n) is 8.45. The van der Waals surface area contributed by atoms with Crippen LogP contribution in [0.15, 0.2) is 28.6 Å². The molecule has 0 atom stereocenters. The van der Waals surface area contributed by atoms with Gasteiger partial charge in [0, 0.05) is 30.5 Å². The third-order valence-corrected chi connectivity index (χ3v) is 4.35. The maximum Gasteiger partial charge on any atom is 0.387 e. The zero-order valence-corrected chi connectivity index (χ0v) is 16.0. The number of aryl methyl sites for hydroxylation is 2. The van der Waals surface area contributed by atoms with Crippen molar-refractivity contribution in [1.82, 2.24) is 15.6 Å². The molecule has 0 aliphatic carbocycles. The summed E-state index contributed by atoms with van der Waals surface area (Å²) in [5.74, 6) is 0.784. The van der Waals surface area contributed by atoms with E-state index in [2.05, 4.69) is 25.3 Å². The molecule has 0 unspecified atom stereocenters. The standard InChI is InChI=1S/C18H24F2N4OS/c1-4-21-18(22-8-7-15-11-26-13(3)24-15)23-10-14-9-12(2)5-6-16(14)25-17(19)20/h5-6,9,11,17H,4,7-8,10H2,1-3H3,(H2,21,22,23). The minimum Gasteiger partial charge on any atom is -0.434 e. The topological polar surface area (TPSA) is 58.5 Å². The van der Waals surface area contributed by atoms with Crippen LogP contribution in [0.4, 0.5) is 8.78 Å². The maximum atomic E-state index is 12.6. The lowest BCUT2D eigenvalue weighted by molar-refractivity contribution is -0.0504. The van der Waals surface area contributed by atoms with E-state index in [1.54, 1.807) is 23.5 Å². The molecule has 26 heavy (non-hydrogen) atoms. The fraction of sp³-hybridized carbons (Fsp3) is 0.444. The van der Waals surface area contributed by atoms with Gasteiger partial charge in [-0.15, -0.1) is 11.3 Å². The lowest BCUT2D eigenvalue weighted by Crippen LogP contribution is -2.38. The summed E-state index contributed by atoms with van der Waals surface area (Å²) in [6, 6.07) is 5.10. The number of nitrogens with zero attached hydrogens (tertiary/aromatic N) is 2. The van der Waals surface area contributed by atoms with Crippen LogP contribution in [0.1, 0.15) is 28.8 Å². The Hall–Kier alpha value is -2.22. The molecule has 0 aliphatic rings. The Morgan fingerprint density at radius 2 is 2.12 bits per heavy atom. The Morgan fingerprint density at radius 3 is 2.77 bits per heavy atom. The molecule has 0 amide bonds. The molecule has 142 valence electrons. The smallest absolute Gasteiger partial charge is 0.387 e. The van der Waals surface area contributed by atoms with Gasteiger partial charge in [-0.2, -0.15) is 8.78 Å². The number of aromatic nitrogens is 1. The molecular formula is C18H24F2N4OS. The minimum absolute atomic E-state index is 0.156. The van der Waals surface area contributed by atoms with Crippen LogP contribution in [0.5, 0.6) is 5.75 Å². The van der Waals surface area contributed by atoms with E-state index in [1.165, 1.54) is 0 Å². The number of nitrogens with one attached hydrogen (secondary N) is 2. The number of halogens is 2. The first kappa shape index (κ1) is 20.1. The van der Waals surface area contributed by atoms with Gasteiger partial charge in [0.2, 0.25) is 0 Å². The summed E-state index contributed by atoms with van der Waals surface area (Å²) in [6.45, 7) is 4.63. The van der Waals surface area contributed by atoms with E-state index in [1.807, 2.05) is 32.2 Å². The fourth-order valence-corrected chi connectivity index (χ4v) is 3.03. The second-order valence-corrected chi connectivity index (χ2v) is 6.78. The molecule has 2 rings (SSSR count). The summed E-state index contributed by atoms with van der Waals surface area (Å²) >= 11 is 1.63. The number of aliphatic imine (C=N–C) groups is 1. The van der Waals surface area contributed by atoms with Crippen LogP contribution in [0.25, 0.3) is 0 Å². The quantitative estimate of drug-likeness (QED) is 0.540. The number of hydrogen-bond acceptors (Lipinski definition) is 4. The van der Waals surface area contributed by atoms with E-state index in [0.717, 1.165) is 22.7 Å². The summed E-state index contributed by atoms with van der Waals surface area (Å²) in [7, 11) is 0. The van der Waals surface area contributed by atoms with Crippen molar-refractivity contribution in [2.24, 2.45) is 4.99 Å². The highest BCUT2D eigenvalue weighted by atomic mass is 32.1. The molecule has 0 saturated carbocycles. The van der Waals surface area contributed by atoms with E-state index in [-0.39, 0.29) is 12.3 Å². The highest BCUT2D eigenvalue weighted by Crippen LogP contribution is 2.22. The number of benzene rings is 1. The Balaban J connectivity index is 2.00. The highest BCUT2D eigenvalue weighted by Gasteiger charge is 2.10. The Kier molecular flexibility index (Phi) is 7.77. The molecule has 1 heterocycles. The van der Waals surface area contributed by atoms with E-state index in [9.17, 15) is 8.78 Å². The van der Waals surface area contributed by atoms with Crippen molar-refractivity contribution >= 4 is 17.3 Å². The van der Waals surface area contributed by atoms with E-state index in [0.29, 0.717) is 24.6 Å². The average molecular weight is 382 g/mol. The SMILES string of the molecule is CCNC(=NCc1cc(C)ccc1OC(F)F)NCCc1csc(C)n1. The molecule has 8 heteroatoms. The van der Waals surface area contributed by atoms with Crippen LogP contribution in [-0.2, 0) is 13.0 Å². The van der Waals surface area contributed by atoms with Gasteiger partial charge in [0.1, 0.15) is 5.75 Å². The van der Waals surface area contributed by atoms with E-state index in [4.69, 9.17) is 0 Å². The maximum absolute atomic E-state index is 12.6. The van der Waals surface area contributed by atoms with Crippen molar-refractivity contribution in [3.63, 3.8) is 0 Å². The predicted molar refractivity (Wildman–Crippen MR) is 101 cm³/mol. The molecule has 0 saturated heterocycles. The van der Waals surface area contributed by atoms with Gasteiger partial charge in [-0.25, -0.2) is 9.98 Å². The average Bonchev–Trinajstić information content (AvgIpc) is 2.99. The molecule has 2 aromatic rings. The lowest BCUT2D eigenvalue weighted by Gasteiger charge is -2.13. The first-order chi connectivity index (χ1) is 12.5. The minimum atomic E-state index is -2.85. The number of ether oxygens (including phenoxy) is 1. The molecule has 0 spiro atoms. The molecule has 0 bridgehead atoms. The number of alkyl halides is 2. The van der Waals surface area contributed by atoms with Crippen LogP contribution in [-0.4, -0.2) is 30.6 Å². The fourth-order valence-electron chi connectivity index (χ4n) is 2.38. The van der Waals surface area contributed by atoms with Crippen LogP contribution < -0.4 is 15.4 Å². The van der Waals surface area contributed by atoms with Crippen molar-refractivity contribution in [1.29, 1.82) is 0 Å². The lowest BCUT2D eigenvalue weighted by atomic mass is 10.1. The number of rotatable bonds is 8. The van der Waals surface area contributed by atoms with Crippen LogP contribution in [0.2, 0.25) is 0 Å². The zero-order valence-electron chi connectivity index (χ0n) is 15.2. The van der Waals surface area contributed by atoms with Gasteiger partial charge in [-0.3, -0.25) is 0 Å². The van der Waals surface area contributed by atoms with Gasteiger partial charge in [-0.1, -0.05) is 17.7 Å². The van der Waals surface area contributed by atoms with Crippen LogP contribution in [0, 0.1) is 13.8 Å². The van der Waals surface area contributed by atoms with Crippen molar-refractivity contribution in [2.75, 3.05) is 13.1 Å². The van der Waals surface area contributed by atoms with Crippen molar-refractivity contribution in [2.45, 2.75) is 40.3 Å². The predicted octanol–water partition coefficient (Wildman–Crippen LogP) is 3.66. The number of guanidine groups is 1. The van der Waals surface area contributed by atoms with Gasteiger partial charge in [0.15, 0.2) is 5.96 Å². The molecule has 5 nitrogen and oxygen atoms in total. The summed E-state index contributed by atoms with van der Waals surface area (Å²) in [5, 5.41) is 9.48. The third-order valence-electron chi connectivity index (χ3n) is 3.52. The summed E-state index contributed by atoms with van der Waals surface area (Å²) in [4.78, 5) is 8.91. The molecule has 0 aliphatic heterocycles. The van der Waals surface area contributed by atoms with Crippen molar-refractivity contribution in [3.05, 3.63) is 45.4 Å². The van der Waals surface area contributed by atoms with E-state index < -0.39 is 6.61 Å². The summed E-state index contributed by atoms with van der Waals surface area (Å²) < 4.78 is 29.7. The van der Waals surface area contributed by atoms with Gasteiger partial charge < -0.3 is 15.4 Å². The molecule has 0 fully saturated rings. The molecular weight excluding hydrogens is 358 g/mol. The Bertz CT molecular complexity index is 734. The number of thiazole rings is 1. The molecule has 2 N–H and O–H groups in total. The normalized spacial score (nSPS) is 11.7. The van der Waals surface area contributed by atoms with Crippen LogP contribution in [0.3, 0.4) is 0 Å². The zero-order chi connectivity index (χ0) is 18.9. The van der Waals surface area contributed by atoms with Crippen LogP contribution >= 0.6 is 11.3 Å². The summed E-state index contributed by atoms with van der Waals surface area (Å²) in [5.41, 5.74) is 2.63. The third kappa shape index (κ3) is 6.59. The monoisotopic (exact) mass is 382 g/mol. The molecule has 1 aromatic heterocycles. The molecule has 0 radical (unpaired) electrons. The Morgan fingerprint density at radius 1 is 1.31 bits per heavy atom. The van der Waals surface area contributed by atoms with Gasteiger partial charge in [-0.05, 0) is 26.8 Å². The largest absolute Gasteiger partial charge is 0.434 e.